The second-order valence-electron chi connectivity index (χ2n) is 4.04. The molecule has 76 valence electrons. The number of aliphatic carboxylic acids is 1. The molecule has 13 heavy (non-hydrogen) atoms. The largest absolute Gasteiger partial charge is 0.480 e. The van der Waals surface area contributed by atoms with Crippen LogP contribution in [0.3, 0.4) is 0 Å². The highest BCUT2D eigenvalue weighted by Crippen LogP contribution is 2.10. The molecule has 0 saturated carbocycles. The number of hydrogen-bond acceptors (Lipinski definition) is 3. The highest BCUT2D eigenvalue weighted by Gasteiger charge is 2.36. The summed E-state index contributed by atoms with van der Waals surface area (Å²) in [6.07, 6.45) is 0. The first-order chi connectivity index (χ1) is 5.59. The molecule has 5 heteroatoms. The van der Waals surface area contributed by atoms with Crippen LogP contribution in [0, 0.1) is 0 Å². The average molecular weight is 188 g/mol. The topological polar surface area (TPSA) is 92.4 Å². The van der Waals surface area contributed by atoms with E-state index < -0.39 is 23.0 Å². The first kappa shape index (κ1) is 11.9. The zero-order chi connectivity index (χ0) is 10.9. The molecule has 0 heterocycles. The van der Waals surface area contributed by atoms with Crippen LogP contribution in [0.2, 0.25) is 0 Å². The van der Waals surface area contributed by atoms with Gasteiger partial charge < -0.3 is 10.8 Å². The summed E-state index contributed by atoms with van der Waals surface area (Å²) in [5, 5.41) is 11.4. The van der Waals surface area contributed by atoms with Crippen molar-refractivity contribution in [2.45, 2.75) is 38.8 Å². The fraction of sp³-hybridized carbons (Fsp3) is 0.750. The summed E-state index contributed by atoms with van der Waals surface area (Å²) in [4.78, 5) is 21.6. The number of carbonyl (C=O) groups is 2. The van der Waals surface area contributed by atoms with Gasteiger partial charge in [-0.2, -0.15) is 0 Å². The van der Waals surface area contributed by atoms with E-state index >= 15 is 0 Å². The average Bonchev–Trinajstić information content (AvgIpc) is 1.83. The maximum atomic E-state index is 10.9. The number of primary amides is 1. The van der Waals surface area contributed by atoms with Gasteiger partial charge in [-0.15, -0.1) is 0 Å². The Balaban J connectivity index is 4.61. The molecule has 0 aliphatic heterocycles. The van der Waals surface area contributed by atoms with Gasteiger partial charge in [-0.1, -0.05) is 0 Å². The minimum absolute atomic E-state index is 0.582. The molecule has 0 bridgehead atoms. The molecule has 0 aromatic carbocycles. The standard InChI is InChI=1S/C8H16N2O3/c1-7(2,5(9)11)10-8(3,4)6(12)13/h10H,1-4H3,(H2,9,11)(H,12,13). The van der Waals surface area contributed by atoms with E-state index in [1.165, 1.54) is 13.8 Å². The van der Waals surface area contributed by atoms with Gasteiger partial charge in [0, 0.05) is 0 Å². The van der Waals surface area contributed by atoms with E-state index in [-0.39, 0.29) is 0 Å². The van der Waals surface area contributed by atoms with E-state index in [9.17, 15) is 9.59 Å². The van der Waals surface area contributed by atoms with Crippen LogP contribution in [-0.4, -0.2) is 28.1 Å². The summed E-state index contributed by atoms with van der Waals surface area (Å²) in [6.45, 7) is 6.03. The first-order valence-electron chi connectivity index (χ1n) is 3.92. The Morgan fingerprint density at radius 3 is 1.77 bits per heavy atom. The zero-order valence-corrected chi connectivity index (χ0v) is 8.34. The number of nitrogens with one attached hydrogen (secondary N) is 1. The van der Waals surface area contributed by atoms with Gasteiger partial charge in [0.2, 0.25) is 5.91 Å². The van der Waals surface area contributed by atoms with Gasteiger partial charge in [0.25, 0.3) is 0 Å². The fourth-order valence-corrected chi connectivity index (χ4v) is 0.896. The van der Waals surface area contributed by atoms with Gasteiger partial charge in [-0.3, -0.25) is 14.9 Å². The number of carboxylic acids is 1. The van der Waals surface area contributed by atoms with Gasteiger partial charge in [0.1, 0.15) is 5.54 Å². The molecule has 0 aromatic rings. The predicted octanol–water partition coefficient (Wildman–Crippen LogP) is -0.297. The minimum atomic E-state index is -1.17. The summed E-state index contributed by atoms with van der Waals surface area (Å²) in [5.41, 5.74) is 2.89. The molecule has 1 amide bonds. The normalized spacial score (nSPS) is 12.6. The van der Waals surface area contributed by atoms with Crippen molar-refractivity contribution in [1.82, 2.24) is 5.32 Å². The quantitative estimate of drug-likeness (QED) is 0.565. The van der Waals surface area contributed by atoms with E-state index in [2.05, 4.69) is 5.32 Å². The Morgan fingerprint density at radius 1 is 1.15 bits per heavy atom. The summed E-state index contributed by atoms with van der Waals surface area (Å²) in [6, 6.07) is 0. The van der Waals surface area contributed by atoms with Crippen LogP contribution in [0.5, 0.6) is 0 Å². The molecule has 4 N–H and O–H groups in total. The number of carboxylic acid groups (broad SMARTS) is 1. The predicted molar refractivity (Wildman–Crippen MR) is 48.1 cm³/mol. The van der Waals surface area contributed by atoms with Gasteiger partial charge in [0.05, 0.1) is 5.54 Å². The van der Waals surface area contributed by atoms with Crippen molar-refractivity contribution in [3.8, 4) is 0 Å². The summed E-state index contributed by atoms with van der Waals surface area (Å²) in [5.74, 6) is -1.61. The molecule has 0 aliphatic carbocycles. The number of carbonyl (C=O) groups excluding carboxylic acids is 1. The minimum Gasteiger partial charge on any atom is -0.480 e. The molecule has 0 aromatic heterocycles. The van der Waals surface area contributed by atoms with Crippen molar-refractivity contribution in [3.05, 3.63) is 0 Å². The number of rotatable bonds is 4. The molecule has 0 atom stereocenters. The van der Waals surface area contributed by atoms with Crippen molar-refractivity contribution in [3.63, 3.8) is 0 Å². The number of amides is 1. The molecular formula is C8H16N2O3. The van der Waals surface area contributed by atoms with Crippen LogP contribution < -0.4 is 11.1 Å². The SMILES string of the molecule is CC(C)(NC(C)(C)C(=O)O)C(N)=O. The second kappa shape index (κ2) is 3.33. The zero-order valence-electron chi connectivity index (χ0n) is 8.34. The molecule has 0 aliphatic rings. The Bertz CT molecular complexity index is 210. The summed E-state index contributed by atoms with van der Waals surface area (Å²) < 4.78 is 0. The molecule has 0 rings (SSSR count). The molecule has 0 spiro atoms. The fourth-order valence-electron chi connectivity index (χ4n) is 0.896. The monoisotopic (exact) mass is 188 g/mol. The molecule has 0 fully saturated rings. The van der Waals surface area contributed by atoms with Crippen molar-refractivity contribution in [1.29, 1.82) is 0 Å². The van der Waals surface area contributed by atoms with Gasteiger partial charge in [-0.25, -0.2) is 0 Å². The lowest BCUT2D eigenvalue weighted by Gasteiger charge is -2.31. The van der Waals surface area contributed by atoms with Crippen LogP contribution in [0.25, 0.3) is 0 Å². The molecule has 5 nitrogen and oxygen atoms in total. The van der Waals surface area contributed by atoms with Crippen molar-refractivity contribution in [2.75, 3.05) is 0 Å². The van der Waals surface area contributed by atoms with E-state index in [1.54, 1.807) is 13.8 Å². The van der Waals surface area contributed by atoms with Crippen LogP contribution >= 0.6 is 0 Å². The molecule has 0 radical (unpaired) electrons. The Kier molecular flexibility index (Phi) is 3.05. The Hall–Kier alpha value is -1.10. The van der Waals surface area contributed by atoms with E-state index in [0.717, 1.165) is 0 Å². The van der Waals surface area contributed by atoms with E-state index in [0.29, 0.717) is 0 Å². The Morgan fingerprint density at radius 2 is 1.54 bits per heavy atom. The van der Waals surface area contributed by atoms with Crippen molar-refractivity contribution in [2.24, 2.45) is 5.73 Å². The van der Waals surface area contributed by atoms with E-state index in [1.807, 2.05) is 0 Å². The first-order valence-corrected chi connectivity index (χ1v) is 3.92. The maximum Gasteiger partial charge on any atom is 0.323 e. The summed E-state index contributed by atoms with van der Waals surface area (Å²) >= 11 is 0. The smallest absolute Gasteiger partial charge is 0.323 e. The lowest BCUT2D eigenvalue weighted by atomic mass is 9.97. The van der Waals surface area contributed by atoms with Gasteiger partial charge in [0.15, 0.2) is 0 Å². The third-order valence-electron chi connectivity index (χ3n) is 1.78. The third kappa shape index (κ3) is 3.02. The molecule has 0 unspecified atom stereocenters. The lowest BCUT2D eigenvalue weighted by molar-refractivity contribution is -0.144. The van der Waals surface area contributed by atoms with Crippen LogP contribution in [0.1, 0.15) is 27.7 Å². The van der Waals surface area contributed by atoms with Crippen LogP contribution in [-0.2, 0) is 9.59 Å². The van der Waals surface area contributed by atoms with Crippen molar-refractivity contribution < 1.29 is 14.7 Å². The lowest BCUT2D eigenvalue weighted by Crippen LogP contribution is -2.61. The number of hydrogen-bond donors (Lipinski definition) is 3. The molecule has 0 saturated heterocycles. The Labute approximate surface area is 77.3 Å². The third-order valence-corrected chi connectivity index (χ3v) is 1.78. The van der Waals surface area contributed by atoms with Crippen LogP contribution in [0.4, 0.5) is 0 Å². The van der Waals surface area contributed by atoms with Gasteiger partial charge >= 0.3 is 5.97 Å². The number of nitrogens with two attached hydrogens (primary N) is 1. The highest BCUT2D eigenvalue weighted by molar-refractivity contribution is 5.85. The van der Waals surface area contributed by atoms with E-state index in [4.69, 9.17) is 10.8 Å². The highest BCUT2D eigenvalue weighted by atomic mass is 16.4. The molecular weight excluding hydrogens is 172 g/mol. The second-order valence-corrected chi connectivity index (χ2v) is 4.04. The maximum absolute atomic E-state index is 10.9. The van der Waals surface area contributed by atoms with Crippen molar-refractivity contribution >= 4 is 11.9 Å². The van der Waals surface area contributed by atoms with Crippen LogP contribution in [0.15, 0.2) is 0 Å². The summed E-state index contributed by atoms with van der Waals surface area (Å²) in [7, 11) is 0. The van der Waals surface area contributed by atoms with Gasteiger partial charge in [-0.05, 0) is 27.7 Å².